The van der Waals surface area contributed by atoms with Crippen molar-refractivity contribution in [1.82, 2.24) is 14.4 Å². The van der Waals surface area contributed by atoms with E-state index in [2.05, 4.69) is 31.1 Å². The molecule has 2 aromatic heterocycles. The van der Waals surface area contributed by atoms with Gasteiger partial charge >= 0.3 is 0 Å². The Balaban J connectivity index is 2.07. The predicted octanol–water partition coefficient (Wildman–Crippen LogP) is 4.39. The Labute approximate surface area is 163 Å². The van der Waals surface area contributed by atoms with Crippen LogP contribution in [0.3, 0.4) is 0 Å². The monoisotopic (exact) mass is 373 g/mol. The van der Waals surface area contributed by atoms with Crippen molar-refractivity contribution >= 4 is 33.7 Å². The first kappa shape index (κ1) is 18.0. The van der Waals surface area contributed by atoms with Crippen LogP contribution in [0.5, 0.6) is 0 Å². The number of nitrogens with zero attached hydrogens (tertiary/aromatic N) is 3. The van der Waals surface area contributed by atoms with Crippen molar-refractivity contribution in [3.8, 4) is 11.3 Å². The Bertz CT molecular complexity index is 1220. The standard InChI is InChI=1S/C22H23N5O/c1-13(28)25-17-10-9-16(14-7-5-6-8-15(14)17)18-19-20(23)24-11-12-27(19)21(26-18)22(2,3)4/h5-12H,1-4H3,(H2,23,24)(H,25,28). The number of imidazole rings is 1. The minimum Gasteiger partial charge on any atom is -0.382 e. The van der Waals surface area contributed by atoms with Gasteiger partial charge in [0.2, 0.25) is 5.91 Å². The Morgan fingerprint density at radius 2 is 1.82 bits per heavy atom. The fraction of sp³-hybridized carbons (Fsp3) is 0.227. The maximum Gasteiger partial charge on any atom is 0.221 e. The highest BCUT2D eigenvalue weighted by Crippen LogP contribution is 2.38. The number of nitrogens with one attached hydrogen (secondary N) is 1. The summed E-state index contributed by atoms with van der Waals surface area (Å²) in [5.41, 5.74) is 9.42. The maximum absolute atomic E-state index is 11.6. The number of amides is 1. The fourth-order valence-electron chi connectivity index (χ4n) is 3.59. The van der Waals surface area contributed by atoms with E-state index in [4.69, 9.17) is 10.7 Å². The highest BCUT2D eigenvalue weighted by Gasteiger charge is 2.25. The molecular formula is C22H23N5O. The molecular weight excluding hydrogens is 350 g/mol. The first-order valence-electron chi connectivity index (χ1n) is 9.20. The summed E-state index contributed by atoms with van der Waals surface area (Å²) in [6.07, 6.45) is 3.59. The molecule has 0 bridgehead atoms. The largest absolute Gasteiger partial charge is 0.382 e. The molecule has 3 N–H and O–H groups in total. The molecule has 4 rings (SSSR count). The van der Waals surface area contributed by atoms with Crippen LogP contribution in [0.1, 0.15) is 33.5 Å². The van der Waals surface area contributed by atoms with Gasteiger partial charge in [0, 0.05) is 41.4 Å². The number of carbonyl (C=O) groups excluding carboxylic acids is 1. The van der Waals surface area contributed by atoms with Gasteiger partial charge in [-0.15, -0.1) is 0 Å². The average Bonchev–Trinajstić information content (AvgIpc) is 3.03. The van der Waals surface area contributed by atoms with E-state index in [1.807, 2.05) is 47.0 Å². The van der Waals surface area contributed by atoms with Crippen molar-refractivity contribution in [2.24, 2.45) is 0 Å². The molecule has 0 radical (unpaired) electrons. The Morgan fingerprint density at radius 3 is 2.50 bits per heavy atom. The minimum absolute atomic E-state index is 0.103. The van der Waals surface area contributed by atoms with E-state index in [-0.39, 0.29) is 11.3 Å². The second-order valence-corrected chi connectivity index (χ2v) is 7.95. The van der Waals surface area contributed by atoms with Gasteiger partial charge in [-0.1, -0.05) is 51.1 Å². The molecule has 0 aliphatic heterocycles. The van der Waals surface area contributed by atoms with Crippen molar-refractivity contribution in [3.05, 3.63) is 54.6 Å². The van der Waals surface area contributed by atoms with Crippen LogP contribution < -0.4 is 11.1 Å². The third-order valence-electron chi connectivity index (χ3n) is 4.74. The number of rotatable bonds is 2. The Kier molecular flexibility index (Phi) is 4.07. The molecule has 2 aromatic carbocycles. The van der Waals surface area contributed by atoms with Gasteiger partial charge in [-0.05, 0) is 11.5 Å². The van der Waals surface area contributed by atoms with Crippen LogP contribution in [0, 0.1) is 0 Å². The lowest BCUT2D eigenvalue weighted by Gasteiger charge is -2.16. The summed E-state index contributed by atoms with van der Waals surface area (Å²) < 4.78 is 2.02. The molecule has 6 heteroatoms. The molecule has 0 fully saturated rings. The SMILES string of the molecule is CC(=O)Nc1ccc(-c2nc(C(C)(C)C)n3ccnc(N)c23)c2ccccc12. The number of nitrogens with two attached hydrogens (primary N) is 1. The first-order chi connectivity index (χ1) is 13.3. The Hall–Kier alpha value is -3.41. The zero-order chi connectivity index (χ0) is 20.1. The topological polar surface area (TPSA) is 85.3 Å². The van der Waals surface area contributed by atoms with Gasteiger partial charge in [0.1, 0.15) is 22.9 Å². The summed E-state index contributed by atoms with van der Waals surface area (Å²) in [6.45, 7) is 7.88. The zero-order valence-corrected chi connectivity index (χ0v) is 16.4. The van der Waals surface area contributed by atoms with Gasteiger partial charge in [0.25, 0.3) is 0 Å². The molecule has 1 amide bonds. The third-order valence-corrected chi connectivity index (χ3v) is 4.74. The molecule has 4 aromatic rings. The van der Waals surface area contributed by atoms with E-state index in [1.54, 1.807) is 6.20 Å². The number of benzene rings is 2. The molecule has 0 saturated heterocycles. The van der Waals surface area contributed by atoms with Crippen molar-refractivity contribution < 1.29 is 4.79 Å². The minimum atomic E-state index is -0.166. The van der Waals surface area contributed by atoms with Gasteiger partial charge in [0.05, 0.1) is 0 Å². The summed E-state index contributed by atoms with van der Waals surface area (Å²) in [5, 5.41) is 4.86. The lowest BCUT2D eigenvalue weighted by molar-refractivity contribution is -0.114. The van der Waals surface area contributed by atoms with Gasteiger partial charge < -0.3 is 11.1 Å². The molecule has 6 nitrogen and oxygen atoms in total. The molecule has 2 heterocycles. The molecule has 0 aliphatic rings. The highest BCUT2D eigenvalue weighted by atomic mass is 16.1. The van der Waals surface area contributed by atoms with E-state index in [1.165, 1.54) is 6.92 Å². The number of anilines is 2. The van der Waals surface area contributed by atoms with Gasteiger partial charge in [-0.2, -0.15) is 0 Å². The molecule has 0 aliphatic carbocycles. The van der Waals surface area contributed by atoms with Crippen LogP contribution in [-0.4, -0.2) is 20.3 Å². The summed E-state index contributed by atoms with van der Waals surface area (Å²) in [7, 11) is 0. The van der Waals surface area contributed by atoms with E-state index in [0.29, 0.717) is 5.82 Å². The molecule has 0 spiro atoms. The fourth-order valence-corrected chi connectivity index (χ4v) is 3.59. The quantitative estimate of drug-likeness (QED) is 0.546. The van der Waals surface area contributed by atoms with E-state index < -0.39 is 0 Å². The van der Waals surface area contributed by atoms with Crippen molar-refractivity contribution in [3.63, 3.8) is 0 Å². The lowest BCUT2D eigenvalue weighted by atomic mass is 9.96. The van der Waals surface area contributed by atoms with E-state index in [0.717, 1.165) is 39.1 Å². The summed E-state index contributed by atoms with van der Waals surface area (Å²) in [4.78, 5) is 20.9. The number of carbonyl (C=O) groups is 1. The number of nitrogen functional groups attached to an aromatic ring is 1. The smallest absolute Gasteiger partial charge is 0.221 e. The molecule has 0 unspecified atom stereocenters. The van der Waals surface area contributed by atoms with Crippen LogP contribution in [0.15, 0.2) is 48.8 Å². The van der Waals surface area contributed by atoms with Gasteiger partial charge in [-0.3, -0.25) is 9.20 Å². The molecule has 0 atom stereocenters. The number of hydrogen-bond acceptors (Lipinski definition) is 4. The second-order valence-electron chi connectivity index (χ2n) is 7.95. The highest BCUT2D eigenvalue weighted by molar-refractivity contribution is 6.08. The third kappa shape index (κ3) is 2.87. The summed E-state index contributed by atoms with van der Waals surface area (Å²) in [5.74, 6) is 1.26. The van der Waals surface area contributed by atoms with Gasteiger partial charge in [-0.25, -0.2) is 9.97 Å². The Morgan fingerprint density at radius 1 is 1.11 bits per heavy atom. The summed E-state index contributed by atoms with van der Waals surface area (Å²) >= 11 is 0. The molecule has 28 heavy (non-hydrogen) atoms. The predicted molar refractivity (Wildman–Crippen MR) is 113 cm³/mol. The van der Waals surface area contributed by atoms with Gasteiger partial charge in [0.15, 0.2) is 0 Å². The van der Waals surface area contributed by atoms with Crippen LogP contribution in [0.4, 0.5) is 11.5 Å². The zero-order valence-electron chi connectivity index (χ0n) is 16.4. The van der Waals surface area contributed by atoms with Crippen LogP contribution in [-0.2, 0) is 10.2 Å². The summed E-state index contributed by atoms with van der Waals surface area (Å²) in [6, 6.07) is 11.9. The number of hydrogen-bond donors (Lipinski definition) is 2. The van der Waals surface area contributed by atoms with Crippen LogP contribution in [0.2, 0.25) is 0 Å². The number of aromatic nitrogens is 3. The lowest BCUT2D eigenvalue weighted by Crippen LogP contribution is -2.16. The van der Waals surface area contributed by atoms with Crippen LogP contribution in [0.25, 0.3) is 27.5 Å². The van der Waals surface area contributed by atoms with E-state index >= 15 is 0 Å². The van der Waals surface area contributed by atoms with Crippen molar-refractivity contribution in [1.29, 1.82) is 0 Å². The molecule has 142 valence electrons. The normalized spacial score (nSPS) is 11.9. The second kappa shape index (κ2) is 6.34. The average molecular weight is 373 g/mol. The number of fused-ring (bicyclic) bond motifs is 2. The molecule has 0 saturated carbocycles. The van der Waals surface area contributed by atoms with E-state index in [9.17, 15) is 4.79 Å². The van der Waals surface area contributed by atoms with Crippen molar-refractivity contribution in [2.75, 3.05) is 11.1 Å². The first-order valence-corrected chi connectivity index (χ1v) is 9.20. The maximum atomic E-state index is 11.6. The van der Waals surface area contributed by atoms with Crippen LogP contribution >= 0.6 is 0 Å². The van der Waals surface area contributed by atoms with Crippen molar-refractivity contribution in [2.45, 2.75) is 33.1 Å².